The molecule has 0 bridgehead atoms. The van der Waals surface area contributed by atoms with Crippen LogP contribution < -0.4 is 14.8 Å². The summed E-state index contributed by atoms with van der Waals surface area (Å²) >= 11 is 0. The number of carbonyl (C=O) groups is 2. The van der Waals surface area contributed by atoms with Gasteiger partial charge in [0, 0.05) is 13.1 Å². The number of ether oxygens (including phenoxy) is 2. The van der Waals surface area contributed by atoms with Crippen molar-refractivity contribution >= 4 is 11.8 Å². The molecule has 6 nitrogen and oxygen atoms in total. The Kier molecular flexibility index (Phi) is 7.11. The van der Waals surface area contributed by atoms with Gasteiger partial charge >= 0.3 is 0 Å². The predicted octanol–water partition coefficient (Wildman–Crippen LogP) is 3.08. The molecular weight excluding hydrogens is 368 g/mol. The fourth-order valence-electron chi connectivity index (χ4n) is 3.57. The number of amides is 2. The van der Waals surface area contributed by atoms with E-state index in [9.17, 15) is 9.59 Å². The van der Waals surface area contributed by atoms with Crippen LogP contribution in [0.1, 0.15) is 30.4 Å². The molecule has 1 N–H and O–H groups in total. The number of hydrogen-bond acceptors (Lipinski definition) is 4. The van der Waals surface area contributed by atoms with E-state index in [2.05, 4.69) is 5.32 Å². The van der Waals surface area contributed by atoms with Crippen LogP contribution in [0.15, 0.2) is 48.5 Å². The maximum Gasteiger partial charge on any atom is 0.261 e. The van der Waals surface area contributed by atoms with Crippen molar-refractivity contribution in [2.45, 2.75) is 38.8 Å². The van der Waals surface area contributed by atoms with Gasteiger partial charge in [0.25, 0.3) is 5.91 Å². The summed E-state index contributed by atoms with van der Waals surface area (Å²) in [7, 11) is 1.63. The smallest absolute Gasteiger partial charge is 0.261 e. The summed E-state index contributed by atoms with van der Waals surface area (Å²) in [4.78, 5) is 27.4. The Morgan fingerprint density at radius 2 is 1.97 bits per heavy atom. The molecule has 0 spiro atoms. The first-order chi connectivity index (χ1) is 14.1. The van der Waals surface area contributed by atoms with Gasteiger partial charge in [-0.1, -0.05) is 30.3 Å². The number of benzene rings is 2. The molecule has 1 aliphatic rings. The first-order valence-electron chi connectivity index (χ1n) is 9.97. The standard InChI is InChI=1S/C23H28N2O4/c1-17-14-18(11-12-21(17)28-2)15-25(20-10-6-7-13-24-23(20)27)22(26)16-29-19-8-4-3-5-9-19/h3-5,8-9,11-12,14,20H,6-7,10,13,15-16H2,1-2H3,(H,24,27)/t20-/m0/s1. The third kappa shape index (κ3) is 5.50. The Morgan fingerprint density at radius 3 is 2.69 bits per heavy atom. The van der Waals surface area contributed by atoms with Crippen molar-refractivity contribution in [3.8, 4) is 11.5 Å². The number of nitrogens with one attached hydrogen (secondary N) is 1. The van der Waals surface area contributed by atoms with Gasteiger partial charge in [0.05, 0.1) is 7.11 Å². The first-order valence-corrected chi connectivity index (χ1v) is 9.97. The minimum absolute atomic E-state index is 0.0965. The maximum atomic E-state index is 13.1. The molecule has 0 aromatic heterocycles. The second-order valence-corrected chi connectivity index (χ2v) is 7.23. The second-order valence-electron chi connectivity index (χ2n) is 7.23. The monoisotopic (exact) mass is 396 g/mol. The molecule has 0 radical (unpaired) electrons. The lowest BCUT2D eigenvalue weighted by Gasteiger charge is -2.30. The van der Waals surface area contributed by atoms with Crippen LogP contribution in [0.3, 0.4) is 0 Å². The van der Waals surface area contributed by atoms with Crippen molar-refractivity contribution in [2.75, 3.05) is 20.3 Å². The molecule has 2 aromatic carbocycles. The van der Waals surface area contributed by atoms with Crippen LogP contribution in [0.4, 0.5) is 0 Å². The van der Waals surface area contributed by atoms with E-state index < -0.39 is 6.04 Å². The number of carbonyl (C=O) groups excluding carboxylic acids is 2. The lowest BCUT2D eigenvalue weighted by molar-refractivity contribution is -0.142. The molecule has 6 heteroatoms. The average molecular weight is 396 g/mol. The SMILES string of the molecule is COc1ccc(CN(C(=O)COc2ccccc2)[C@H]2CCCCNC2=O)cc1C. The van der Waals surface area contributed by atoms with Crippen LogP contribution in [0.2, 0.25) is 0 Å². The Bertz CT molecular complexity index is 838. The van der Waals surface area contributed by atoms with Crippen molar-refractivity contribution in [3.05, 3.63) is 59.7 Å². The Balaban J connectivity index is 1.79. The van der Waals surface area contributed by atoms with Crippen LogP contribution >= 0.6 is 0 Å². The summed E-state index contributed by atoms with van der Waals surface area (Å²) in [5.74, 6) is 1.13. The molecule has 1 heterocycles. The molecule has 1 aliphatic heterocycles. The quantitative estimate of drug-likeness (QED) is 0.781. The third-order valence-corrected chi connectivity index (χ3v) is 5.12. The first kappa shape index (κ1) is 20.7. The fraction of sp³-hybridized carbons (Fsp3) is 0.391. The summed E-state index contributed by atoms with van der Waals surface area (Å²) in [6.45, 7) is 2.85. The van der Waals surface area contributed by atoms with Gasteiger partial charge in [-0.3, -0.25) is 9.59 Å². The van der Waals surface area contributed by atoms with Crippen LogP contribution in [-0.4, -0.2) is 43.0 Å². The highest BCUT2D eigenvalue weighted by Gasteiger charge is 2.31. The topological polar surface area (TPSA) is 67.9 Å². The molecule has 2 aromatic rings. The lowest BCUT2D eigenvalue weighted by atomic mass is 10.1. The lowest BCUT2D eigenvalue weighted by Crippen LogP contribution is -2.49. The highest BCUT2D eigenvalue weighted by atomic mass is 16.5. The normalized spacial score (nSPS) is 16.5. The Hall–Kier alpha value is -3.02. The van der Waals surface area contributed by atoms with E-state index in [1.54, 1.807) is 12.0 Å². The number of nitrogens with zero attached hydrogens (tertiary/aromatic N) is 1. The molecule has 29 heavy (non-hydrogen) atoms. The largest absolute Gasteiger partial charge is 0.496 e. The molecule has 3 rings (SSSR count). The molecule has 1 saturated heterocycles. The highest BCUT2D eigenvalue weighted by Crippen LogP contribution is 2.22. The molecule has 2 amide bonds. The van der Waals surface area contributed by atoms with Crippen molar-refractivity contribution < 1.29 is 19.1 Å². The van der Waals surface area contributed by atoms with Crippen LogP contribution in [-0.2, 0) is 16.1 Å². The summed E-state index contributed by atoms with van der Waals surface area (Å²) in [6, 6.07) is 14.5. The van der Waals surface area contributed by atoms with Gasteiger partial charge < -0.3 is 19.7 Å². The van der Waals surface area contributed by atoms with Crippen LogP contribution in [0.25, 0.3) is 0 Å². The molecule has 0 unspecified atom stereocenters. The van der Waals surface area contributed by atoms with Crippen molar-refractivity contribution in [1.82, 2.24) is 10.2 Å². The van der Waals surface area contributed by atoms with E-state index in [-0.39, 0.29) is 18.4 Å². The molecule has 0 aliphatic carbocycles. The minimum Gasteiger partial charge on any atom is -0.496 e. The number of rotatable bonds is 7. The zero-order valence-corrected chi connectivity index (χ0v) is 17.0. The molecule has 154 valence electrons. The molecule has 1 fully saturated rings. The van der Waals surface area contributed by atoms with E-state index in [1.165, 1.54) is 0 Å². The maximum absolute atomic E-state index is 13.1. The summed E-state index contributed by atoms with van der Waals surface area (Å²) in [5, 5.41) is 2.93. The zero-order chi connectivity index (χ0) is 20.6. The average Bonchev–Trinajstić information content (AvgIpc) is 2.95. The van der Waals surface area contributed by atoms with E-state index >= 15 is 0 Å². The van der Waals surface area contributed by atoms with Crippen LogP contribution in [0.5, 0.6) is 11.5 Å². The highest BCUT2D eigenvalue weighted by molar-refractivity contribution is 5.88. The van der Waals surface area contributed by atoms with Gasteiger partial charge in [0.1, 0.15) is 17.5 Å². The fourth-order valence-corrected chi connectivity index (χ4v) is 3.57. The van der Waals surface area contributed by atoms with Crippen molar-refractivity contribution in [1.29, 1.82) is 0 Å². The summed E-state index contributed by atoms with van der Waals surface area (Å²) < 4.78 is 11.0. The second kappa shape index (κ2) is 9.96. The van der Waals surface area contributed by atoms with E-state index in [0.717, 1.165) is 29.7 Å². The van der Waals surface area contributed by atoms with Gasteiger partial charge in [-0.15, -0.1) is 0 Å². The van der Waals surface area contributed by atoms with Gasteiger partial charge in [-0.25, -0.2) is 0 Å². The molecule has 0 saturated carbocycles. The summed E-state index contributed by atoms with van der Waals surface area (Å²) in [5.41, 5.74) is 1.94. The van der Waals surface area contributed by atoms with Crippen molar-refractivity contribution in [3.63, 3.8) is 0 Å². The van der Waals surface area contributed by atoms with E-state index in [1.807, 2.05) is 55.5 Å². The van der Waals surface area contributed by atoms with Crippen molar-refractivity contribution in [2.24, 2.45) is 0 Å². The van der Waals surface area contributed by atoms with Crippen LogP contribution in [0, 0.1) is 6.92 Å². The number of para-hydroxylation sites is 1. The third-order valence-electron chi connectivity index (χ3n) is 5.12. The Labute approximate surface area is 171 Å². The number of hydrogen-bond donors (Lipinski definition) is 1. The predicted molar refractivity (Wildman–Crippen MR) is 111 cm³/mol. The van der Waals surface area contributed by atoms with Gasteiger partial charge in [-0.2, -0.15) is 0 Å². The molecular formula is C23H28N2O4. The number of methoxy groups -OCH3 is 1. The Morgan fingerprint density at radius 1 is 1.17 bits per heavy atom. The molecule has 1 atom stereocenters. The summed E-state index contributed by atoms with van der Waals surface area (Å²) in [6.07, 6.45) is 2.47. The van der Waals surface area contributed by atoms with Gasteiger partial charge in [-0.05, 0) is 55.5 Å². The zero-order valence-electron chi connectivity index (χ0n) is 17.0. The number of aryl methyl sites for hydroxylation is 1. The van der Waals surface area contributed by atoms with Gasteiger partial charge in [0.2, 0.25) is 5.91 Å². The van der Waals surface area contributed by atoms with Gasteiger partial charge in [0.15, 0.2) is 6.61 Å². The van der Waals surface area contributed by atoms with E-state index in [0.29, 0.717) is 25.3 Å². The van der Waals surface area contributed by atoms with E-state index in [4.69, 9.17) is 9.47 Å². The minimum atomic E-state index is -0.494.